The fraction of sp³-hybridized carbons (Fsp3) is 0.118. The summed E-state index contributed by atoms with van der Waals surface area (Å²) in [5.41, 5.74) is 11.4. The van der Waals surface area contributed by atoms with Gasteiger partial charge in [-0.05, 0) is 42.5 Å². The molecule has 4 N–H and O–H groups in total. The third-order valence-electron chi connectivity index (χ3n) is 3.14. The van der Waals surface area contributed by atoms with Crippen LogP contribution in [0.3, 0.4) is 0 Å². The number of amides is 1. The molecule has 8 nitrogen and oxygen atoms in total. The number of rotatable bonds is 7. The fourth-order valence-electron chi connectivity index (χ4n) is 1.91. The van der Waals surface area contributed by atoms with Crippen molar-refractivity contribution in [2.75, 3.05) is 13.7 Å². The zero-order valence-corrected chi connectivity index (χ0v) is 14.5. The van der Waals surface area contributed by atoms with Gasteiger partial charge in [-0.3, -0.25) is 4.79 Å². The molecule has 0 atom stereocenters. The van der Waals surface area contributed by atoms with E-state index in [0.717, 1.165) is 0 Å². The molecule has 26 heavy (non-hydrogen) atoms. The Morgan fingerprint density at radius 1 is 1.12 bits per heavy atom. The number of oxime groups is 1. The molecule has 0 aliphatic heterocycles. The van der Waals surface area contributed by atoms with Gasteiger partial charge in [-0.1, -0.05) is 16.8 Å². The molecule has 0 saturated carbocycles. The Morgan fingerprint density at radius 3 is 2.42 bits per heavy atom. The summed E-state index contributed by atoms with van der Waals surface area (Å²) in [6.45, 7) is -0.234. The first-order chi connectivity index (χ1) is 12.4. The standard InChI is InChI=1S/C17H16ClN3O5/c1-24-14-7-4-11(18)8-13(14)17(23)26-21-16(20)10-2-5-12(6-3-10)25-9-15(19)22/h2-8H,9H2,1H3,(H2,19,22)(H2,20,21). The lowest BCUT2D eigenvalue weighted by molar-refractivity contribution is -0.119. The molecular formula is C17H16ClN3O5. The molecule has 0 saturated heterocycles. The first kappa shape index (κ1) is 19.1. The largest absolute Gasteiger partial charge is 0.496 e. The Labute approximate surface area is 154 Å². The number of hydrogen-bond acceptors (Lipinski definition) is 6. The fourth-order valence-corrected chi connectivity index (χ4v) is 2.08. The van der Waals surface area contributed by atoms with Crippen LogP contribution < -0.4 is 20.9 Å². The Balaban J connectivity index is 2.06. The molecule has 0 spiro atoms. The Hall–Kier alpha value is -3.26. The summed E-state index contributed by atoms with van der Waals surface area (Å²) in [6, 6.07) is 10.8. The van der Waals surface area contributed by atoms with Gasteiger partial charge >= 0.3 is 5.97 Å². The van der Waals surface area contributed by atoms with Gasteiger partial charge < -0.3 is 25.8 Å². The van der Waals surface area contributed by atoms with E-state index in [-0.39, 0.29) is 18.0 Å². The Morgan fingerprint density at radius 2 is 1.81 bits per heavy atom. The first-order valence-electron chi connectivity index (χ1n) is 7.30. The van der Waals surface area contributed by atoms with Crippen LogP contribution >= 0.6 is 11.6 Å². The van der Waals surface area contributed by atoms with Crippen LogP contribution in [0.4, 0.5) is 0 Å². The number of carbonyl (C=O) groups excluding carboxylic acids is 2. The van der Waals surface area contributed by atoms with Crippen LogP contribution in [0.5, 0.6) is 11.5 Å². The van der Waals surface area contributed by atoms with Crippen molar-refractivity contribution in [1.82, 2.24) is 0 Å². The second-order valence-electron chi connectivity index (χ2n) is 4.98. The van der Waals surface area contributed by atoms with Crippen LogP contribution in [0.2, 0.25) is 5.02 Å². The van der Waals surface area contributed by atoms with Gasteiger partial charge in [-0.25, -0.2) is 4.79 Å². The quantitative estimate of drug-likeness (QED) is 0.327. The average Bonchev–Trinajstić information content (AvgIpc) is 2.64. The van der Waals surface area contributed by atoms with Gasteiger partial charge in [-0.2, -0.15) is 0 Å². The molecule has 9 heteroatoms. The van der Waals surface area contributed by atoms with Crippen molar-refractivity contribution in [3.05, 3.63) is 58.6 Å². The molecular weight excluding hydrogens is 362 g/mol. The van der Waals surface area contributed by atoms with Gasteiger partial charge in [0.1, 0.15) is 17.1 Å². The molecule has 2 rings (SSSR count). The number of benzene rings is 2. The minimum atomic E-state index is -0.770. The highest BCUT2D eigenvalue weighted by molar-refractivity contribution is 6.31. The number of hydrogen-bond donors (Lipinski definition) is 2. The summed E-state index contributed by atoms with van der Waals surface area (Å²) >= 11 is 5.87. The highest BCUT2D eigenvalue weighted by Crippen LogP contribution is 2.23. The molecule has 136 valence electrons. The van der Waals surface area contributed by atoms with Crippen LogP contribution in [-0.2, 0) is 9.63 Å². The second kappa shape index (κ2) is 8.72. The molecule has 2 aromatic carbocycles. The minimum absolute atomic E-state index is 0.0270. The summed E-state index contributed by atoms with van der Waals surface area (Å²) in [7, 11) is 1.42. The van der Waals surface area contributed by atoms with Crippen molar-refractivity contribution in [2.45, 2.75) is 0 Å². The monoisotopic (exact) mass is 377 g/mol. The van der Waals surface area contributed by atoms with E-state index in [1.807, 2.05) is 0 Å². The number of nitrogens with two attached hydrogens (primary N) is 2. The van der Waals surface area contributed by atoms with Gasteiger partial charge in [-0.15, -0.1) is 0 Å². The van der Waals surface area contributed by atoms with E-state index >= 15 is 0 Å². The lowest BCUT2D eigenvalue weighted by Gasteiger charge is -2.07. The predicted molar refractivity (Wildman–Crippen MR) is 95.3 cm³/mol. The second-order valence-corrected chi connectivity index (χ2v) is 5.42. The van der Waals surface area contributed by atoms with Crippen LogP contribution in [0.15, 0.2) is 47.6 Å². The van der Waals surface area contributed by atoms with Crippen molar-refractivity contribution in [1.29, 1.82) is 0 Å². The summed E-state index contributed by atoms with van der Waals surface area (Å²) in [5, 5.41) is 3.96. The average molecular weight is 378 g/mol. The van der Waals surface area contributed by atoms with Crippen LogP contribution in [0.1, 0.15) is 15.9 Å². The number of amidine groups is 1. The van der Waals surface area contributed by atoms with E-state index < -0.39 is 11.9 Å². The SMILES string of the molecule is COc1ccc(Cl)cc1C(=O)O/N=C(\N)c1ccc(OCC(N)=O)cc1. The van der Waals surface area contributed by atoms with Crippen molar-refractivity contribution in [3.8, 4) is 11.5 Å². The first-order valence-corrected chi connectivity index (χ1v) is 7.68. The van der Waals surface area contributed by atoms with E-state index in [4.69, 9.17) is 37.4 Å². The van der Waals surface area contributed by atoms with E-state index in [2.05, 4.69) is 5.16 Å². The number of ether oxygens (including phenoxy) is 2. The molecule has 0 aliphatic carbocycles. The van der Waals surface area contributed by atoms with E-state index in [1.54, 1.807) is 30.3 Å². The maximum atomic E-state index is 12.1. The molecule has 0 fully saturated rings. The van der Waals surface area contributed by atoms with E-state index in [1.165, 1.54) is 19.2 Å². The summed E-state index contributed by atoms with van der Waals surface area (Å²) < 4.78 is 10.2. The van der Waals surface area contributed by atoms with E-state index in [9.17, 15) is 9.59 Å². The smallest absolute Gasteiger partial charge is 0.369 e. The molecule has 0 unspecified atom stereocenters. The van der Waals surface area contributed by atoms with Crippen LogP contribution in [0, 0.1) is 0 Å². The van der Waals surface area contributed by atoms with Gasteiger partial charge in [0.05, 0.1) is 7.11 Å². The lowest BCUT2D eigenvalue weighted by Crippen LogP contribution is -2.20. The molecule has 0 radical (unpaired) electrons. The van der Waals surface area contributed by atoms with Gasteiger partial charge in [0, 0.05) is 10.6 Å². The molecule has 0 bridgehead atoms. The maximum Gasteiger partial charge on any atom is 0.369 e. The maximum absolute atomic E-state index is 12.1. The number of nitrogens with zero attached hydrogens (tertiary/aromatic N) is 1. The van der Waals surface area contributed by atoms with Gasteiger partial charge in [0.15, 0.2) is 12.4 Å². The van der Waals surface area contributed by atoms with Crippen molar-refractivity contribution < 1.29 is 23.9 Å². The van der Waals surface area contributed by atoms with E-state index in [0.29, 0.717) is 22.1 Å². The molecule has 2 aromatic rings. The topological polar surface area (TPSA) is 126 Å². The number of carbonyl (C=O) groups is 2. The van der Waals surface area contributed by atoms with Crippen molar-refractivity contribution in [3.63, 3.8) is 0 Å². The molecule has 0 aliphatic rings. The van der Waals surface area contributed by atoms with Crippen molar-refractivity contribution in [2.24, 2.45) is 16.6 Å². The molecule has 0 aromatic heterocycles. The van der Waals surface area contributed by atoms with Gasteiger partial charge in [0.2, 0.25) is 0 Å². The highest BCUT2D eigenvalue weighted by atomic mass is 35.5. The summed E-state index contributed by atoms with van der Waals surface area (Å²) in [5.74, 6) is -0.654. The number of halogens is 1. The van der Waals surface area contributed by atoms with Crippen molar-refractivity contribution >= 4 is 29.3 Å². The van der Waals surface area contributed by atoms with Crippen LogP contribution in [-0.4, -0.2) is 31.4 Å². The third-order valence-corrected chi connectivity index (χ3v) is 3.37. The minimum Gasteiger partial charge on any atom is -0.496 e. The van der Waals surface area contributed by atoms with Gasteiger partial charge in [0.25, 0.3) is 5.91 Å². The predicted octanol–water partition coefficient (Wildman–Crippen LogP) is 1.69. The zero-order chi connectivity index (χ0) is 19.1. The Bertz CT molecular complexity index is 837. The summed E-state index contributed by atoms with van der Waals surface area (Å²) in [6.07, 6.45) is 0. The molecule has 1 amide bonds. The highest BCUT2D eigenvalue weighted by Gasteiger charge is 2.15. The lowest BCUT2D eigenvalue weighted by atomic mass is 10.2. The van der Waals surface area contributed by atoms with Crippen LogP contribution in [0.25, 0.3) is 0 Å². The third kappa shape index (κ3) is 5.12. The normalized spacial score (nSPS) is 10.9. The number of methoxy groups -OCH3 is 1. The molecule has 0 heterocycles. The number of primary amides is 1. The Kier molecular flexibility index (Phi) is 6.40. The summed E-state index contributed by atoms with van der Waals surface area (Å²) in [4.78, 5) is 27.6. The zero-order valence-electron chi connectivity index (χ0n) is 13.8.